The molecule has 5 nitrogen and oxygen atoms in total. The number of benzene rings is 1. The Labute approximate surface area is 132 Å². The van der Waals surface area contributed by atoms with Gasteiger partial charge in [-0.25, -0.2) is 4.79 Å². The van der Waals surface area contributed by atoms with E-state index in [1.54, 1.807) is 14.2 Å². The molecule has 1 rings (SSSR count). The fraction of sp³-hybridized carbons (Fsp3) is 0.471. The van der Waals surface area contributed by atoms with Crippen LogP contribution in [0.4, 0.5) is 4.79 Å². The van der Waals surface area contributed by atoms with Crippen LogP contribution < -0.4 is 14.8 Å². The monoisotopic (exact) mass is 307 g/mol. The molecule has 1 aromatic rings. The number of amides is 1. The minimum absolute atomic E-state index is 0.396. The molecule has 122 valence electrons. The van der Waals surface area contributed by atoms with Crippen molar-refractivity contribution in [3.05, 3.63) is 29.8 Å². The molecular weight excluding hydrogens is 282 g/mol. The predicted octanol–water partition coefficient (Wildman–Crippen LogP) is 3.63. The lowest BCUT2D eigenvalue weighted by Gasteiger charge is -2.19. The van der Waals surface area contributed by atoms with E-state index in [9.17, 15) is 4.79 Å². The summed E-state index contributed by atoms with van der Waals surface area (Å²) in [4.78, 5) is 11.5. The number of alkyl carbamates (subject to hydrolysis) is 1. The lowest BCUT2D eigenvalue weighted by atomic mass is 10.1. The molecule has 0 spiro atoms. The number of carbonyl (C=O) groups excluding carboxylic acids is 1. The van der Waals surface area contributed by atoms with Crippen molar-refractivity contribution in [1.82, 2.24) is 5.32 Å². The van der Waals surface area contributed by atoms with Crippen LogP contribution in [0, 0.1) is 0 Å². The number of carbonyl (C=O) groups is 1. The number of hydrogen-bond acceptors (Lipinski definition) is 4. The second kappa shape index (κ2) is 8.32. The van der Waals surface area contributed by atoms with E-state index in [4.69, 9.17) is 14.2 Å². The van der Waals surface area contributed by atoms with Gasteiger partial charge in [0.05, 0.1) is 14.2 Å². The maximum absolute atomic E-state index is 11.5. The molecule has 5 heteroatoms. The van der Waals surface area contributed by atoms with Gasteiger partial charge in [0.25, 0.3) is 0 Å². The second-order valence-corrected chi connectivity index (χ2v) is 5.73. The van der Waals surface area contributed by atoms with Gasteiger partial charge in [-0.05, 0) is 44.9 Å². The average molecular weight is 307 g/mol. The Morgan fingerprint density at radius 1 is 1.18 bits per heavy atom. The first-order chi connectivity index (χ1) is 10.4. The molecule has 0 unspecified atom stereocenters. The summed E-state index contributed by atoms with van der Waals surface area (Å²) < 4.78 is 15.6. The molecule has 0 aromatic heterocycles. The lowest BCUT2D eigenvalue weighted by Crippen LogP contribution is -2.32. The summed E-state index contributed by atoms with van der Waals surface area (Å²) in [5, 5.41) is 2.71. The van der Waals surface area contributed by atoms with E-state index in [1.165, 1.54) is 0 Å². The summed E-state index contributed by atoms with van der Waals surface area (Å²) in [6.45, 7) is 6.04. The van der Waals surface area contributed by atoms with Crippen molar-refractivity contribution in [2.24, 2.45) is 0 Å². The number of hydrogen-bond donors (Lipinski definition) is 1. The van der Waals surface area contributed by atoms with Crippen molar-refractivity contribution in [2.75, 3.05) is 20.8 Å². The third-order valence-electron chi connectivity index (χ3n) is 2.70. The number of methoxy groups -OCH3 is 2. The minimum Gasteiger partial charge on any atom is -0.493 e. The van der Waals surface area contributed by atoms with E-state index in [1.807, 2.05) is 51.1 Å². The zero-order valence-corrected chi connectivity index (χ0v) is 13.9. The summed E-state index contributed by atoms with van der Waals surface area (Å²) in [6.07, 6.45) is 4.28. The van der Waals surface area contributed by atoms with Crippen LogP contribution in [0.3, 0.4) is 0 Å². The summed E-state index contributed by atoms with van der Waals surface area (Å²) >= 11 is 0. The molecular formula is C17H25NO4. The van der Waals surface area contributed by atoms with E-state index in [-0.39, 0.29) is 0 Å². The van der Waals surface area contributed by atoms with Crippen molar-refractivity contribution in [3.63, 3.8) is 0 Å². The normalized spacial score (nSPS) is 11.3. The quantitative estimate of drug-likeness (QED) is 0.815. The van der Waals surface area contributed by atoms with Gasteiger partial charge in [0, 0.05) is 6.54 Å². The second-order valence-electron chi connectivity index (χ2n) is 5.73. The number of ether oxygens (including phenoxy) is 3. The molecule has 1 amide bonds. The van der Waals surface area contributed by atoms with Crippen LogP contribution in [0.5, 0.6) is 11.5 Å². The molecule has 0 heterocycles. The van der Waals surface area contributed by atoms with Crippen LogP contribution in [-0.2, 0) is 4.74 Å². The highest BCUT2D eigenvalue weighted by molar-refractivity contribution is 5.67. The molecule has 0 aliphatic carbocycles. The zero-order chi connectivity index (χ0) is 16.6. The topological polar surface area (TPSA) is 56.8 Å². The van der Waals surface area contributed by atoms with E-state index >= 15 is 0 Å². The van der Waals surface area contributed by atoms with Crippen molar-refractivity contribution >= 4 is 12.2 Å². The van der Waals surface area contributed by atoms with Gasteiger partial charge < -0.3 is 19.5 Å². The fourth-order valence-electron chi connectivity index (χ4n) is 1.75. The standard InChI is InChI=1S/C17H25NO4/c1-17(2,3)22-16(19)18-11-7-6-8-13-9-10-14(20-4)15(12-13)21-5/h6,8-10,12H,7,11H2,1-5H3,(H,18,19). The van der Waals surface area contributed by atoms with E-state index in [0.717, 1.165) is 5.56 Å². The van der Waals surface area contributed by atoms with Crippen LogP contribution in [-0.4, -0.2) is 32.5 Å². The highest BCUT2D eigenvalue weighted by Crippen LogP contribution is 2.27. The summed E-state index contributed by atoms with van der Waals surface area (Å²) in [6, 6.07) is 5.70. The molecule has 0 radical (unpaired) electrons. The highest BCUT2D eigenvalue weighted by Gasteiger charge is 2.15. The molecule has 1 N–H and O–H groups in total. The summed E-state index contributed by atoms with van der Waals surface area (Å²) in [5.41, 5.74) is 0.537. The van der Waals surface area contributed by atoms with Crippen LogP contribution in [0.25, 0.3) is 6.08 Å². The van der Waals surface area contributed by atoms with Crippen LogP contribution in [0.15, 0.2) is 24.3 Å². The van der Waals surface area contributed by atoms with Crippen molar-refractivity contribution < 1.29 is 19.0 Å². The first-order valence-electron chi connectivity index (χ1n) is 7.21. The van der Waals surface area contributed by atoms with Gasteiger partial charge in [0.15, 0.2) is 11.5 Å². The minimum atomic E-state index is -0.473. The Hall–Kier alpha value is -2.17. The molecule has 0 aliphatic heterocycles. The van der Waals surface area contributed by atoms with Gasteiger partial charge in [-0.3, -0.25) is 0 Å². The van der Waals surface area contributed by atoms with Gasteiger partial charge >= 0.3 is 6.09 Å². The van der Waals surface area contributed by atoms with Gasteiger partial charge in [-0.15, -0.1) is 0 Å². The van der Waals surface area contributed by atoms with Crippen molar-refractivity contribution in [1.29, 1.82) is 0 Å². The Balaban J connectivity index is 2.42. The molecule has 0 aliphatic rings. The van der Waals surface area contributed by atoms with Crippen molar-refractivity contribution in [2.45, 2.75) is 32.8 Å². The van der Waals surface area contributed by atoms with E-state index < -0.39 is 11.7 Å². The van der Waals surface area contributed by atoms with Gasteiger partial charge in [-0.2, -0.15) is 0 Å². The average Bonchev–Trinajstić information content (AvgIpc) is 2.44. The van der Waals surface area contributed by atoms with E-state index in [2.05, 4.69) is 5.32 Å². The Bertz CT molecular complexity index is 518. The summed E-state index contributed by atoms with van der Waals surface area (Å²) in [7, 11) is 3.21. The number of rotatable bonds is 6. The molecule has 0 fully saturated rings. The maximum Gasteiger partial charge on any atom is 0.407 e. The molecule has 0 atom stereocenters. The van der Waals surface area contributed by atoms with Crippen LogP contribution in [0.1, 0.15) is 32.8 Å². The molecule has 0 saturated carbocycles. The first-order valence-corrected chi connectivity index (χ1v) is 7.21. The van der Waals surface area contributed by atoms with Gasteiger partial charge in [-0.1, -0.05) is 18.2 Å². The van der Waals surface area contributed by atoms with Crippen molar-refractivity contribution in [3.8, 4) is 11.5 Å². The zero-order valence-electron chi connectivity index (χ0n) is 13.9. The first kappa shape index (κ1) is 17.9. The molecule has 1 aromatic carbocycles. The Kier molecular flexibility index (Phi) is 6.76. The Morgan fingerprint density at radius 2 is 1.86 bits per heavy atom. The van der Waals surface area contributed by atoms with Gasteiger partial charge in [0.2, 0.25) is 0 Å². The molecule has 0 saturated heterocycles. The Morgan fingerprint density at radius 3 is 2.45 bits per heavy atom. The molecule has 0 bridgehead atoms. The van der Waals surface area contributed by atoms with Crippen LogP contribution in [0.2, 0.25) is 0 Å². The third-order valence-corrected chi connectivity index (χ3v) is 2.70. The lowest BCUT2D eigenvalue weighted by molar-refractivity contribution is 0.0529. The highest BCUT2D eigenvalue weighted by atomic mass is 16.6. The third kappa shape index (κ3) is 6.52. The summed E-state index contributed by atoms with van der Waals surface area (Å²) in [5.74, 6) is 1.39. The number of nitrogens with one attached hydrogen (secondary N) is 1. The maximum atomic E-state index is 11.5. The molecule has 22 heavy (non-hydrogen) atoms. The SMILES string of the molecule is COc1ccc(C=CCCNC(=O)OC(C)(C)C)cc1OC. The van der Waals surface area contributed by atoms with Gasteiger partial charge in [0.1, 0.15) is 5.60 Å². The van der Waals surface area contributed by atoms with Crippen LogP contribution >= 0.6 is 0 Å². The van der Waals surface area contributed by atoms with E-state index in [0.29, 0.717) is 24.5 Å². The predicted molar refractivity (Wildman–Crippen MR) is 87.4 cm³/mol. The largest absolute Gasteiger partial charge is 0.493 e. The smallest absolute Gasteiger partial charge is 0.407 e. The fourth-order valence-corrected chi connectivity index (χ4v) is 1.75.